The predicted octanol–water partition coefficient (Wildman–Crippen LogP) is 1.75. The first kappa shape index (κ1) is 12.7. The molecule has 4 N–H and O–H groups in total. The minimum Gasteiger partial charge on any atom is -0.398 e. The van der Waals surface area contributed by atoms with Crippen LogP contribution >= 0.6 is 11.6 Å². The summed E-state index contributed by atoms with van der Waals surface area (Å²) in [5.41, 5.74) is 6.47. The van der Waals surface area contributed by atoms with Crippen molar-refractivity contribution < 1.29 is 8.42 Å². The average molecular weight is 287 g/mol. The standard InChI is InChI=1S/C10H11ClN4O2S/c1-6-8(12)4-7(11)5-9(6)18(16,17)15-10-2-3-13-14-10/h2-5H,12H2,1H3,(H2,13,14,15). The molecule has 0 atom stereocenters. The Balaban J connectivity index is 2.48. The molecule has 6 nitrogen and oxygen atoms in total. The van der Waals surface area contributed by atoms with Crippen molar-refractivity contribution in [3.05, 3.63) is 35.0 Å². The van der Waals surface area contributed by atoms with Gasteiger partial charge in [-0.05, 0) is 24.6 Å². The molecule has 18 heavy (non-hydrogen) atoms. The molecule has 1 aromatic heterocycles. The van der Waals surface area contributed by atoms with E-state index in [2.05, 4.69) is 14.9 Å². The van der Waals surface area contributed by atoms with Crippen LogP contribution in [0.1, 0.15) is 5.56 Å². The second-order valence-corrected chi connectivity index (χ2v) is 5.78. The van der Waals surface area contributed by atoms with Gasteiger partial charge in [0.1, 0.15) is 5.82 Å². The van der Waals surface area contributed by atoms with Gasteiger partial charge in [-0.25, -0.2) is 8.42 Å². The lowest BCUT2D eigenvalue weighted by atomic mass is 10.2. The summed E-state index contributed by atoms with van der Waals surface area (Å²) in [6.07, 6.45) is 1.44. The Morgan fingerprint density at radius 3 is 2.78 bits per heavy atom. The number of rotatable bonds is 3. The van der Waals surface area contributed by atoms with Gasteiger partial charge >= 0.3 is 0 Å². The Morgan fingerprint density at radius 1 is 1.44 bits per heavy atom. The fourth-order valence-corrected chi connectivity index (χ4v) is 3.07. The first-order valence-electron chi connectivity index (χ1n) is 4.98. The maximum Gasteiger partial charge on any atom is 0.263 e. The van der Waals surface area contributed by atoms with Gasteiger partial charge in [-0.2, -0.15) is 5.10 Å². The van der Waals surface area contributed by atoms with Gasteiger partial charge in [0, 0.05) is 16.8 Å². The topological polar surface area (TPSA) is 101 Å². The highest BCUT2D eigenvalue weighted by molar-refractivity contribution is 7.92. The summed E-state index contributed by atoms with van der Waals surface area (Å²) in [5, 5.41) is 6.43. The van der Waals surface area contributed by atoms with E-state index in [9.17, 15) is 8.42 Å². The predicted molar refractivity (Wildman–Crippen MR) is 70.0 cm³/mol. The molecule has 0 unspecified atom stereocenters. The largest absolute Gasteiger partial charge is 0.398 e. The number of hydrogen-bond acceptors (Lipinski definition) is 4. The first-order valence-corrected chi connectivity index (χ1v) is 6.84. The summed E-state index contributed by atoms with van der Waals surface area (Å²) in [4.78, 5) is 0.0436. The van der Waals surface area contributed by atoms with E-state index in [1.165, 1.54) is 24.4 Å². The molecule has 8 heteroatoms. The monoisotopic (exact) mass is 286 g/mol. The molecule has 0 amide bonds. The van der Waals surface area contributed by atoms with Crippen molar-refractivity contribution in [1.29, 1.82) is 0 Å². The zero-order valence-corrected chi connectivity index (χ0v) is 11.0. The van der Waals surface area contributed by atoms with Crippen molar-refractivity contribution >= 4 is 33.1 Å². The van der Waals surface area contributed by atoms with Crippen molar-refractivity contribution in [3.63, 3.8) is 0 Å². The van der Waals surface area contributed by atoms with Crippen LogP contribution < -0.4 is 10.5 Å². The van der Waals surface area contributed by atoms with E-state index in [0.29, 0.717) is 11.3 Å². The van der Waals surface area contributed by atoms with Crippen LogP contribution in [-0.4, -0.2) is 18.6 Å². The quantitative estimate of drug-likeness (QED) is 0.748. The summed E-state index contributed by atoms with van der Waals surface area (Å²) in [6, 6.07) is 4.36. The van der Waals surface area contributed by atoms with Gasteiger partial charge in [-0.1, -0.05) is 11.6 Å². The summed E-state index contributed by atoms with van der Waals surface area (Å²) in [6.45, 7) is 1.62. The van der Waals surface area contributed by atoms with Crippen molar-refractivity contribution in [2.75, 3.05) is 10.5 Å². The van der Waals surface area contributed by atoms with Crippen LogP contribution in [0.15, 0.2) is 29.3 Å². The Kier molecular flexibility index (Phi) is 3.18. The number of H-pyrrole nitrogens is 1. The van der Waals surface area contributed by atoms with E-state index in [0.717, 1.165) is 0 Å². The summed E-state index contributed by atoms with van der Waals surface area (Å²) in [5.74, 6) is 0.271. The van der Waals surface area contributed by atoms with Gasteiger partial charge in [-0.15, -0.1) is 0 Å². The van der Waals surface area contributed by atoms with E-state index < -0.39 is 10.0 Å². The van der Waals surface area contributed by atoms with Gasteiger partial charge in [0.05, 0.1) is 11.1 Å². The van der Waals surface area contributed by atoms with E-state index in [1.807, 2.05) is 0 Å². The normalized spacial score (nSPS) is 11.4. The maximum atomic E-state index is 12.2. The number of anilines is 2. The third-order valence-electron chi connectivity index (χ3n) is 2.40. The lowest BCUT2D eigenvalue weighted by molar-refractivity contribution is 0.600. The second kappa shape index (κ2) is 4.51. The van der Waals surface area contributed by atoms with Gasteiger partial charge in [0.25, 0.3) is 10.0 Å². The molecular weight excluding hydrogens is 276 g/mol. The van der Waals surface area contributed by atoms with Crippen LogP contribution in [0, 0.1) is 6.92 Å². The Hall–Kier alpha value is -1.73. The third-order valence-corrected chi connectivity index (χ3v) is 4.11. The molecule has 0 spiro atoms. The molecule has 0 aliphatic carbocycles. The lowest BCUT2D eigenvalue weighted by Crippen LogP contribution is -2.15. The number of aromatic amines is 1. The lowest BCUT2D eigenvalue weighted by Gasteiger charge is -2.11. The molecule has 96 valence electrons. The Labute approximate surface area is 109 Å². The van der Waals surface area contributed by atoms with Crippen LogP contribution in [0.3, 0.4) is 0 Å². The van der Waals surface area contributed by atoms with Crippen LogP contribution in [0.25, 0.3) is 0 Å². The number of nitrogens with one attached hydrogen (secondary N) is 2. The highest BCUT2D eigenvalue weighted by Gasteiger charge is 2.19. The van der Waals surface area contributed by atoms with Gasteiger partial charge in [0.2, 0.25) is 0 Å². The summed E-state index contributed by atoms with van der Waals surface area (Å²) >= 11 is 5.82. The number of halogens is 1. The number of nitrogens with zero attached hydrogens (tertiary/aromatic N) is 1. The minimum atomic E-state index is -3.74. The number of benzene rings is 1. The van der Waals surface area contributed by atoms with Gasteiger partial charge in [-0.3, -0.25) is 9.82 Å². The van der Waals surface area contributed by atoms with Crippen molar-refractivity contribution in [2.24, 2.45) is 0 Å². The summed E-state index contributed by atoms with van der Waals surface area (Å²) in [7, 11) is -3.74. The average Bonchev–Trinajstić information content (AvgIpc) is 2.75. The van der Waals surface area contributed by atoms with Gasteiger partial charge in [0.15, 0.2) is 0 Å². The smallest absolute Gasteiger partial charge is 0.263 e. The third kappa shape index (κ3) is 2.41. The molecule has 2 rings (SSSR count). The highest BCUT2D eigenvalue weighted by Crippen LogP contribution is 2.27. The summed E-state index contributed by atoms with van der Waals surface area (Å²) < 4.78 is 26.7. The Morgan fingerprint density at radius 2 is 2.17 bits per heavy atom. The maximum absolute atomic E-state index is 12.2. The number of nitrogen functional groups attached to an aromatic ring is 1. The molecule has 0 saturated carbocycles. The number of nitrogens with two attached hydrogens (primary N) is 1. The molecule has 0 aliphatic heterocycles. The molecule has 0 saturated heterocycles. The molecule has 1 heterocycles. The van der Waals surface area contributed by atoms with Crippen molar-refractivity contribution in [1.82, 2.24) is 10.2 Å². The van der Waals surface area contributed by atoms with E-state index in [1.54, 1.807) is 6.92 Å². The number of sulfonamides is 1. The highest BCUT2D eigenvalue weighted by atomic mass is 35.5. The number of hydrogen-bond donors (Lipinski definition) is 3. The zero-order valence-electron chi connectivity index (χ0n) is 9.44. The molecule has 1 aromatic carbocycles. The van der Waals surface area contributed by atoms with Crippen LogP contribution in [-0.2, 0) is 10.0 Å². The number of aromatic nitrogens is 2. The minimum absolute atomic E-state index is 0.0436. The van der Waals surface area contributed by atoms with Gasteiger partial charge < -0.3 is 5.73 Å². The van der Waals surface area contributed by atoms with Crippen molar-refractivity contribution in [3.8, 4) is 0 Å². The van der Waals surface area contributed by atoms with Crippen LogP contribution in [0.2, 0.25) is 5.02 Å². The first-order chi connectivity index (χ1) is 8.40. The van der Waals surface area contributed by atoms with Crippen LogP contribution in [0.5, 0.6) is 0 Å². The van der Waals surface area contributed by atoms with Crippen molar-refractivity contribution in [2.45, 2.75) is 11.8 Å². The van der Waals surface area contributed by atoms with E-state index in [-0.39, 0.29) is 15.7 Å². The fraction of sp³-hybridized carbons (Fsp3) is 0.100. The van der Waals surface area contributed by atoms with Crippen LogP contribution in [0.4, 0.5) is 11.5 Å². The molecule has 2 aromatic rings. The molecule has 0 aliphatic rings. The molecule has 0 radical (unpaired) electrons. The Bertz CT molecular complexity index is 667. The molecule has 0 bridgehead atoms. The molecule has 0 fully saturated rings. The SMILES string of the molecule is Cc1c(N)cc(Cl)cc1S(=O)(=O)Nc1ccn[nH]1. The van der Waals surface area contributed by atoms with E-state index >= 15 is 0 Å². The molecular formula is C10H11ClN4O2S. The van der Waals surface area contributed by atoms with E-state index in [4.69, 9.17) is 17.3 Å². The fourth-order valence-electron chi connectivity index (χ4n) is 1.47. The zero-order chi connectivity index (χ0) is 13.3. The second-order valence-electron chi connectivity index (χ2n) is 3.69.